The number of thiophene rings is 1. The number of hydrogen-bond donors (Lipinski definition) is 0. The van der Waals surface area contributed by atoms with Crippen molar-refractivity contribution < 1.29 is 9.53 Å². The van der Waals surface area contributed by atoms with Crippen molar-refractivity contribution in [2.45, 2.75) is 25.9 Å². The molecule has 3 aromatic rings. The van der Waals surface area contributed by atoms with Crippen LogP contribution >= 0.6 is 11.3 Å². The molecule has 1 aliphatic rings. The number of nitrogens with zero attached hydrogens (tertiary/aromatic N) is 4. The van der Waals surface area contributed by atoms with Crippen LogP contribution in [-0.4, -0.2) is 52.2 Å². The summed E-state index contributed by atoms with van der Waals surface area (Å²) < 4.78 is 7.98. The lowest BCUT2D eigenvalue weighted by Gasteiger charge is -2.32. The fraction of sp³-hybridized carbons (Fsp3) is 0.385. The second-order valence-electron chi connectivity index (χ2n) is 8.79. The highest BCUT2D eigenvalue weighted by Crippen LogP contribution is 2.21. The first kappa shape index (κ1) is 23.3. The van der Waals surface area contributed by atoms with Crippen molar-refractivity contribution in [1.82, 2.24) is 19.6 Å². The molecule has 0 N–H and O–H groups in total. The number of hydrogen-bond acceptors (Lipinski definition) is 5. The summed E-state index contributed by atoms with van der Waals surface area (Å²) in [6.45, 7) is 3.90. The van der Waals surface area contributed by atoms with Crippen molar-refractivity contribution >= 4 is 23.3 Å². The van der Waals surface area contributed by atoms with E-state index in [1.54, 1.807) is 17.4 Å². The summed E-state index contributed by atoms with van der Waals surface area (Å²) in [4.78, 5) is 17.9. The lowest BCUT2D eigenvalue weighted by Crippen LogP contribution is -2.40. The highest BCUT2D eigenvalue weighted by molar-refractivity contribution is 7.10. The Morgan fingerprint density at radius 1 is 1.27 bits per heavy atom. The minimum atomic E-state index is 0.0896. The van der Waals surface area contributed by atoms with Gasteiger partial charge in [-0.3, -0.25) is 14.4 Å². The maximum atomic E-state index is 12.6. The number of rotatable bonds is 9. The third kappa shape index (κ3) is 7.04. The molecule has 1 atom stereocenters. The second kappa shape index (κ2) is 11.3. The van der Waals surface area contributed by atoms with E-state index in [4.69, 9.17) is 4.74 Å². The fourth-order valence-corrected chi connectivity index (χ4v) is 4.84. The molecule has 2 aromatic heterocycles. The first-order chi connectivity index (χ1) is 16.0. The summed E-state index contributed by atoms with van der Waals surface area (Å²) >= 11 is 1.64. The van der Waals surface area contributed by atoms with E-state index in [9.17, 15) is 4.79 Å². The van der Waals surface area contributed by atoms with E-state index in [1.165, 1.54) is 11.1 Å². The molecule has 3 heterocycles. The molecule has 0 saturated carbocycles. The van der Waals surface area contributed by atoms with Crippen molar-refractivity contribution in [2.24, 2.45) is 13.0 Å². The van der Waals surface area contributed by atoms with Gasteiger partial charge < -0.3 is 9.64 Å². The number of amides is 1. The quantitative estimate of drug-likeness (QED) is 0.439. The summed E-state index contributed by atoms with van der Waals surface area (Å²) in [7, 11) is 4.05. The molecule has 1 saturated heterocycles. The number of ether oxygens (including phenoxy) is 1. The minimum Gasteiger partial charge on any atom is -0.493 e. The Morgan fingerprint density at radius 2 is 2.15 bits per heavy atom. The Labute approximate surface area is 200 Å². The topological polar surface area (TPSA) is 50.6 Å². The summed E-state index contributed by atoms with van der Waals surface area (Å²) in [5.41, 5.74) is 2.42. The first-order valence-electron chi connectivity index (χ1n) is 11.4. The van der Waals surface area contributed by atoms with Gasteiger partial charge in [0.25, 0.3) is 0 Å². The molecule has 0 spiro atoms. The number of piperidine rings is 1. The van der Waals surface area contributed by atoms with Crippen LogP contribution in [0.3, 0.4) is 0 Å². The SMILES string of the molecule is CN(Cc1cccc(OCC2CCCN(C(=O)C=Cc3cccs3)C2)c1)Cc1cnn(C)c1. The van der Waals surface area contributed by atoms with Gasteiger partial charge in [-0.05, 0) is 55.1 Å². The molecule has 4 rings (SSSR count). The Kier molecular flexibility index (Phi) is 7.96. The number of aromatic nitrogens is 2. The van der Waals surface area contributed by atoms with Crippen LogP contribution in [0.15, 0.2) is 60.2 Å². The molecule has 0 bridgehead atoms. The highest BCUT2D eigenvalue weighted by atomic mass is 32.1. The number of carbonyl (C=O) groups excluding carboxylic acids is 1. The van der Waals surface area contributed by atoms with E-state index in [1.807, 2.05) is 58.7 Å². The molecule has 1 aromatic carbocycles. The van der Waals surface area contributed by atoms with Crippen LogP contribution in [0.25, 0.3) is 6.08 Å². The lowest BCUT2D eigenvalue weighted by atomic mass is 9.99. The van der Waals surface area contributed by atoms with Crippen molar-refractivity contribution in [2.75, 3.05) is 26.7 Å². The smallest absolute Gasteiger partial charge is 0.246 e. The van der Waals surface area contributed by atoms with E-state index in [0.717, 1.165) is 49.6 Å². The molecule has 1 aliphatic heterocycles. The summed E-state index contributed by atoms with van der Waals surface area (Å²) in [5, 5.41) is 6.26. The number of aryl methyl sites for hydroxylation is 1. The maximum Gasteiger partial charge on any atom is 0.246 e. The Balaban J connectivity index is 1.25. The van der Waals surface area contributed by atoms with Crippen LogP contribution in [0.4, 0.5) is 0 Å². The molecular weight excluding hydrogens is 432 g/mol. The first-order valence-corrected chi connectivity index (χ1v) is 12.3. The predicted molar refractivity (Wildman–Crippen MR) is 133 cm³/mol. The molecule has 0 aliphatic carbocycles. The van der Waals surface area contributed by atoms with E-state index in [2.05, 4.69) is 35.2 Å². The molecule has 1 unspecified atom stereocenters. The minimum absolute atomic E-state index is 0.0896. The van der Waals surface area contributed by atoms with Gasteiger partial charge in [-0.1, -0.05) is 18.2 Å². The third-order valence-electron chi connectivity index (χ3n) is 5.81. The highest BCUT2D eigenvalue weighted by Gasteiger charge is 2.23. The number of benzene rings is 1. The molecule has 1 amide bonds. The van der Waals surface area contributed by atoms with Gasteiger partial charge in [-0.25, -0.2) is 0 Å². The van der Waals surface area contributed by atoms with Gasteiger partial charge in [-0.2, -0.15) is 5.10 Å². The fourth-order valence-electron chi connectivity index (χ4n) is 4.23. The lowest BCUT2D eigenvalue weighted by molar-refractivity contribution is -0.127. The average molecular weight is 465 g/mol. The maximum absolute atomic E-state index is 12.6. The van der Waals surface area contributed by atoms with Gasteiger partial charge in [-0.15, -0.1) is 11.3 Å². The Hall–Kier alpha value is -2.90. The van der Waals surface area contributed by atoms with Crippen LogP contribution in [0.1, 0.15) is 28.8 Å². The molecule has 7 heteroatoms. The van der Waals surface area contributed by atoms with Crippen LogP contribution < -0.4 is 4.74 Å². The average Bonchev–Trinajstić information content (AvgIpc) is 3.48. The molecule has 6 nitrogen and oxygen atoms in total. The second-order valence-corrected chi connectivity index (χ2v) is 9.77. The Morgan fingerprint density at radius 3 is 2.94 bits per heavy atom. The van der Waals surface area contributed by atoms with Crippen molar-refractivity contribution in [3.05, 3.63) is 76.3 Å². The van der Waals surface area contributed by atoms with E-state index >= 15 is 0 Å². The van der Waals surface area contributed by atoms with Crippen LogP contribution in [0, 0.1) is 5.92 Å². The van der Waals surface area contributed by atoms with Gasteiger partial charge in [0.1, 0.15) is 5.75 Å². The van der Waals surface area contributed by atoms with Gasteiger partial charge in [0.05, 0.1) is 12.8 Å². The summed E-state index contributed by atoms with van der Waals surface area (Å²) in [6.07, 6.45) is 9.67. The molecular formula is C26H32N4O2S. The zero-order valence-electron chi connectivity index (χ0n) is 19.4. The summed E-state index contributed by atoms with van der Waals surface area (Å²) in [5.74, 6) is 1.34. The Bertz CT molecular complexity index is 1060. The molecule has 174 valence electrons. The largest absolute Gasteiger partial charge is 0.493 e. The van der Waals surface area contributed by atoms with E-state index in [-0.39, 0.29) is 5.91 Å². The normalized spacial score (nSPS) is 16.6. The molecule has 0 radical (unpaired) electrons. The summed E-state index contributed by atoms with van der Waals surface area (Å²) in [6, 6.07) is 12.3. The zero-order chi connectivity index (χ0) is 23.0. The number of likely N-dealkylation sites (tertiary alicyclic amines) is 1. The molecule has 33 heavy (non-hydrogen) atoms. The van der Waals surface area contributed by atoms with Gasteiger partial charge in [0.15, 0.2) is 0 Å². The third-order valence-corrected chi connectivity index (χ3v) is 6.65. The zero-order valence-corrected chi connectivity index (χ0v) is 20.2. The van der Waals surface area contributed by atoms with E-state index in [0.29, 0.717) is 12.5 Å². The van der Waals surface area contributed by atoms with Crippen molar-refractivity contribution in [3.8, 4) is 5.75 Å². The van der Waals surface area contributed by atoms with Crippen molar-refractivity contribution in [3.63, 3.8) is 0 Å². The van der Waals surface area contributed by atoms with Crippen molar-refractivity contribution in [1.29, 1.82) is 0 Å². The van der Waals surface area contributed by atoms with Gasteiger partial charge in [0.2, 0.25) is 5.91 Å². The van der Waals surface area contributed by atoms with Gasteiger partial charge in [0, 0.05) is 61.9 Å². The predicted octanol–water partition coefficient (Wildman–Crippen LogP) is 4.44. The van der Waals surface area contributed by atoms with E-state index < -0.39 is 0 Å². The van der Waals surface area contributed by atoms with Crippen LogP contribution in [0.2, 0.25) is 0 Å². The standard InChI is InChI=1S/C26H32N4O2S/c1-28(17-23-15-27-29(2)18-23)16-21-6-3-8-24(14-21)32-20-22-7-4-12-30(19-22)26(31)11-10-25-9-5-13-33-25/h3,5-6,8-11,13-15,18,22H,4,7,12,16-17,19-20H2,1-2H3. The monoisotopic (exact) mass is 464 g/mol. The van der Waals surface area contributed by atoms with Gasteiger partial charge >= 0.3 is 0 Å². The molecule has 1 fully saturated rings. The number of carbonyl (C=O) groups is 1. The van der Waals surface area contributed by atoms with Crippen LogP contribution in [-0.2, 0) is 24.9 Å². The van der Waals surface area contributed by atoms with Crippen LogP contribution in [0.5, 0.6) is 5.75 Å².